The van der Waals surface area contributed by atoms with Gasteiger partial charge >= 0.3 is 0 Å². The predicted molar refractivity (Wildman–Crippen MR) is 52.8 cm³/mol. The Morgan fingerprint density at radius 3 is 2.46 bits per heavy atom. The van der Waals surface area contributed by atoms with Crippen molar-refractivity contribution in [2.75, 3.05) is 26.9 Å². The number of ether oxygens (including phenoxy) is 2. The average molecular weight is 190 g/mol. The SMILES string of the molecule is CCCOC(C)(CO)CCCOC. The lowest BCUT2D eigenvalue weighted by atomic mass is 10.0. The van der Waals surface area contributed by atoms with E-state index in [2.05, 4.69) is 6.92 Å². The normalized spacial score (nSPS) is 15.7. The Bertz CT molecular complexity index is 117. The Morgan fingerprint density at radius 1 is 1.31 bits per heavy atom. The lowest BCUT2D eigenvalue weighted by molar-refractivity contribution is -0.0748. The van der Waals surface area contributed by atoms with Crippen LogP contribution < -0.4 is 0 Å². The molecule has 0 aromatic heterocycles. The van der Waals surface area contributed by atoms with Crippen LogP contribution in [-0.4, -0.2) is 37.6 Å². The smallest absolute Gasteiger partial charge is 0.0884 e. The van der Waals surface area contributed by atoms with Crippen LogP contribution in [0.1, 0.15) is 33.1 Å². The third-order valence-electron chi connectivity index (χ3n) is 2.04. The first-order valence-electron chi connectivity index (χ1n) is 4.92. The van der Waals surface area contributed by atoms with Crippen molar-refractivity contribution in [2.45, 2.75) is 38.7 Å². The van der Waals surface area contributed by atoms with Crippen molar-refractivity contribution in [1.82, 2.24) is 0 Å². The molecule has 1 unspecified atom stereocenters. The van der Waals surface area contributed by atoms with Crippen LogP contribution in [0, 0.1) is 0 Å². The number of aliphatic hydroxyl groups excluding tert-OH is 1. The van der Waals surface area contributed by atoms with Crippen molar-refractivity contribution < 1.29 is 14.6 Å². The first-order valence-corrected chi connectivity index (χ1v) is 4.92. The molecule has 0 aliphatic heterocycles. The standard InChI is InChI=1S/C10H22O3/c1-4-7-13-10(2,9-11)6-5-8-12-3/h11H,4-9H2,1-3H3. The molecular formula is C10H22O3. The summed E-state index contributed by atoms with van der Waals surface area (Å²) in [4.78, 5) is 0. The zero-order chi connectivity index (χ0) is 10.2. The minimum atomic E-state index is -0.380. The Morgan fingerprint density at radius 2 is 2.00 bits per heavy atom. The molecule has 0 saturated heterocycles. The molecule has 1 atom stereocenters. The van der Waals surface area contributed by atoms with E-state index in [-0.39, 0.29) is 12.2 Å². The lowest BCUT2D eigenvalue weighted by Crippen LogP contribution is -2.33. The first kappa shape index (κ1) is 12.9. The van der Waals surface area contributed by atoms with Gasteiger partial charge < -0.3 is 14.6 Å². The largest absolute Gasteiger partial charge is 0.393 e. The van der Waals surface area contributed by atoms with Crippen LogP contribution in [0.5, 0.6) is 0 Å². The van der Waals surface area contributed by atoms with Crippen molar-refractivity contribution in [1.29, 1.82) is 0 Å². The second kappa shape index (κ2) is 7.30. The van der Waals surface area contributed by atoms with Crippen LogP contribution in [0.4, 0.5) is 0 Å². The van der Waals surface area contributed by atoms with Gasteiger partial charge in [-0.25, -0.2) is 0 Å². The first-order chi connectivity index (χ1) is 6.18. The van der Waals surface area contributed by atoms with E-state index in [4.69, 9.17) is 14.6 Å². The van der Waals surface area contributed by atoms with Crippen LogP contribution in [0.25, 0.3) is 0 Å². The fraction of sp³-hybridized carbons (Fsp3) is 1.00. The van der Waals surface area contributed by atoms with Crippen LogP contribution >= 0.6 is 0 Å². The third kappa shape index (κ3) is 6.02. The van der Waals surface area contributed by atoms with Gasteiger partial charge in [0.2, 0.25) is 0 Å². The summed E-state index contributed by atoms with van der Waals surface area (Å²) in [6.07, 6.45) is 2.76. The molecule has 3 nitrogen and oxygen atoms in total. The fourth-order valence-electron chi connectivity index (χ4n) is 1.14. The molecule has 0 spiro atoms. The zero-order valence-corrected chi connectivity index (χ0v) is 9.01. The van der Waals surface area contributed by atoms with Crippen LogP contribution in [0.3, 0.4) is 0 Å². The van der Waals surface area contributed by atoms with Gasteiger partial charge in [0, 0.05) is 20.3 Å². The zero-order valence-electron chi connectivity index (χ0n) is 9.01. The maximum Gasteiger partial charge on any atom is 0.0884 e. The molecule has 0 radical (unpaired) electrons. The van der Waals surface area contributed by atoms with Gasteiger partial charge in [-0.15, -0.1) is 0 Å². The second-order valence-electron chi connectivity index (χ2n) is 3.55. The summed E-state index contributed by atoms with van der Waals surface area (Å²) >= 11 is 0. The summed E-state index contributed by atoms with van der Waals surface area (Å²) in [7, 11) is 1.68. The molecule has 0 heterocycles. The molecule has 0 saturated carbocycles. The Labute approximate surface area is 81.0 Å². The molecule has 0 aromatic rings. The second-order valence-corrected chi connectivity index (χ2v) is 3.55. The van der Waals surface area contributed by atoms with Crippen LogP contribution in [0.2, 0.25) is 0 Å². The summed E-state index contributed by atoms with van der Waals surface area (Å²) in [5.74, 6) is 0. The lowest BCUT2D eigenvalue weighted by Gasteiger charge is -2.27. The maximum absolute atomic E-state index is 9.15. The Kier molecular flexibility index (Phi) is 7.23. The topological polar surface area (TPSA) is 38.7 Å². The van der Waals surface area contributed by atoms with E-state index in [1.54, 1.807) is 7.11 Å². The van der Waals surface area contributed by atoms with Gasteiger partial charge in [-0.1, -0.05) is 6.92 Å². The van der Waals surface area contributed by atoms with Gasteiger partial charge in [-0.2, -0.15) is 0 Å². The monoisotopic (exact) mass is 190 g/mol. The molecule has 80 valence electrons. The Hall–Kier alpha value is -0.120. The highest BCUT2D eigenvalue weighted by atomic mass is 16.5. The molecule has 0 fully saturated rings. The molecule has 3 heteroatoms. The van der Waals surface area contributed by atoms with E-state index < -0.39 is 0 Å². The van der Waals surface area contributed by atoms with Crippen molar-refractivity contribution in [3.05, 3.63) is 0 Å². The van der Waals surface area contributed by atoms with Crippen molar-refractivity contribution >= 4 is 0 Å². The summed E-state index contributed by atoms with van der Waals surface area (Å²) < 4.78 is 10.5. The van der Waals surface area contributed by atoms with E-state index >= 15 is 0 Å². The molecular weight excluding hydrogens is 168 g/mol. The van der Waals surface area contributed by atoms with Gasteiger partial charge in [0.05, 0.1) is 12.2 Å². The number of rotatable bonds is 8. The number of methoxy groups -OCH3 is 1. The summed E-state index contributed by atoms with van der Waals surface area (Å²) in [5.41, 5.74) is -0.380. The van der Waals surface area contributed by atoms with Gasteiger partial charge in [-0.05, 0) is 26.2 Å². The highest BCUT2D eigenvalue weighted by Crippen LogP contribution is 2.17. The highest BCUT2D eigenvalue weighted by Gasteiger charge is 2.22. The van der Waals surface area contributed by atoms with E-state index in [0.717, 1.165) is 25.9 Å². The number of aliphatic hydroxyl groups is 1. The van der Waals surface area contributed by atoms with Gasteiger partial charge in [0.25, 0.3) is 0 Å². The molecule has 1 N–H and O–H groups in total. The molecule has 0 bridgehead atoms. The highest BCUT2D eigenvalue weighted by molar-refractivity contribution is 4.73. The van der Waals surface area contributed by atoms with E-state index in [9.17, 15) is 0 Å². The average Bonchev–Trinajstić information content (AvgIpc) is 2.15. The molecule has 0 aromatic carbocycles. The molecule has 0 amide bonds. The van der Waals surface area contributed by atoms with Crippen molar-refractivity contribution in [3.63, 3.8) is 0 Å². The maximum atomic E-state index is 9.15. The molecule has 0 aliphatic carbocycles. The molecule has 0 aliphatic rings. The molecule has 13 heavy (non-hydrogen) atoms. The Balaban J connectivity index is 3.67. The predicted octanol–water partition coefficient (Wildman–Crippen LogP) is 1.59. The number of hydrogen-bond donors (Lipinski definition) is 1. The minimum Gasteiger partial charge on any atom is -0.393 e. The summed E-state index contributed by atoms with van der Waals surface area (Å²) in [6, 6.07) is 0. The van der Waals surface area contributed by atoms with Crippen molar-refractivity contribution in [3.8, 4) is 0 Å². The van der Waals surface area contributed by atoms with E-state index in [1.807, 2.05) is 6.92 Å². The van der Waals surface area contributed by atoms with Crippen molar-refractivity contribution in [2.24, 2.45) is 0 Å². The molecule has 0 rings (SSSR count). The fourth-order valence-corrected chi connectivity index (χ4v) is 1.14. The third-order valence-corrected chi connectivity index (χ3v) is 2.04. The summed E-state index contributed by atoms with van der Waals surface area (Å²) in [5, 5.41) is 9.15. The summed E-state index contributed by atoms with van der Waals surface area (Å²) in [6.45, 7) is 5.52. The van der Waals surface area contributed by atoms with Crippen LogP contribution in [0.15, 0.2) is 0 Å². The van der Waals surface area contributed by atoms with Gasteiger partial charge in [0.1, 0.15) is 0 Å². The minimum absolute atomic E-state index is 0.0801. The number of hydrogen-bond acceptors (Lipinski definition) is 3. The van der Waals surface area contributed by atoms with E-state index in [0.29, 0.717) is 6.61 Å². The van der Waals surface area contributed by atoms with E-state index in [1.165, 1.54) is 0 Å². The van der Waals surface area contributed by atoms with Crippen LogP contribution in [-0.2, 0) is 9.47 Å². The van der Waals surface area contributed by atoms with Gasteiger partial charge in [-0.3, -0.25) is 0 Å². The quantitative estimate of drug-likeness (QED) is 0.591. The van der Waals surface area contributed by atoms with Gasteiger partial charge in [0.15, 0.2) is 0 Å².